The van der Waals surface area contributed by atoms with Crippen molar-refractivity contribution in [3.8, 4) is 0 Å². The zero-order valence-electron chi connectivity index (χ0n) is 14.7. The molecule has 0 aliphatic rings. The molecule has 2 amide bonds. The molecule has 2 rings (SSSR count). The molecule has 0 saturated heterocycles. The number of carbonyl (C=O) groups is 2. The molecule has 0 spiro atoms. The van der Waals surface area contributed by atoms with Crippen molar-refractivity contribution >= 4 is 35.0 Å². The average Bonchev–Trinajstić information content (AvgIpc) is 2.62. The number of likely N-dealkylation sites (N-methyl/N-ethyl adjacent to an activating group) is 1. The van der Waals surface area contributed by atoms with Crippen molar-refractivity contribution in [1.29, 1.82) is 0 Å². The highest BCUT2D eigenvalue weighted by atomic mass is 32.2. The minimum atomic E-state index is -1.65. The molecule has 0 aliphatic carbocycles. The maximum Gasteiger partial charge on any atom is 0.279 e. The third-order valence-corrected chi connectivity index (χ3v) is 4.31. The van der Waals surface area contributed by atoms with Crippen LogP contribution in [0.25, 0.3) is 0 Å². The quantitative estimate of drug-likeness (QED) is 0.493. The van der Waals surface area contributed by atoms with E-state index < -0.39 is 29.0 Å². The summed E-state index contributed by atoms with van der Waals surface area (Å²) < 4.78 is 39.6. The summed E-state index contributed by atoms with van der Waals surface area (Å²) in [5, 5.41) is 4.91. The molecule has 9 heteroatoms. The average molecular weight is 398 g/mol. The number of hydrogen-bond acceptors (Lipinski definition) is 3. The van der Waals surface area contributed by atoms with Gasteiger partial charge in [0.1, 0.15) is 0 Å². The van der Waals surface area contributed by atoms with Crippen LogP contribution in [-0.2, 0) is 9.59 Å². The van der Waals surface area contributed by atoms with Crippen LogP contribution in [0, 0.1) is 17.5 Å². The molecule has 2 aromatic rings. The number of rotatable bonds is 7. The molecule has 3 N–H and O–H groups in total. The number of carbonyl (C=O) groups excluding carboxylic acids is 2. The third-order valence-electron chi connectivity index (χ3n) is 3.59. The molecule has 0 heterocycles. The van der Waals surface area contributed by atoms with Crippen molar-refractivity contribution in [2.24, 2.45) is 0 Å². The van der Waals surface area contributed by atoms with Crippen molar-refractivity contribution in [3.63, 3.8) is 0 Å². The minimum Gasteiger partial charge on any atom is -0.322 e. The lowest BCUT2D eigenvalue weighted by atomic mass is 10.2. The Hall–Kier alpha value is -2.52. The van der Waals surface area contributed by atoms with E-state index in [1.54, 1.807) is 24.9 Å². The van der Waals surface area contributed by atoms with Crippen LogP contribution in [0.15, 0.2) is 41.3 Å². The fraction of sp³-hybridized carbons (Fsp3) is 0.222. The van der Waals surface area contributed by atoms with Crippen LogP contribution >= 0.6 is 11.8 Å². The standard InChI is InChI=1S/C18H18F3N3O2S/c1-24(9-15(25)22-11-4-3-5-12(8-11)27-2)10-16(26)23-14-7-6-13(19)17(20)18(14)21/h3-8H,9-10H2,1-2H3,(H,22,25)(H,23,26)/p+1. The van der Waals surface area contributed by atoms with Crippen LogP contribution in [0.1, 0.15) is 0 Å². The summed E-state index contributed by atoms with van der Waals surface area (Å²) in [5.74, 6) is -5.38. The van der Waals surface area contributed by atoms with Crippen molar-refractivity contribution in [2.75, 3.05) is 37.0 Å². The number of nitrogens with one attached hydrogen (secondary N) is 3. The Morgan fingerprint density at radius 1 is 1.00 bits per heavy atom. The van der Waals surface area contributed by atoms with Crippen LogP contribution in [0.4, 0.5) is 24.5 Å². The van der Waals surface area contributed by atoms with Crippen LogP contribution in [-0.4, -0.2) is 38.2 Å². The Bertz CT molecular complexity index is 849. The van der Waals surface area contributed by atoms with Gasteiger partial charge in [-0.1, -0.05) is 6.07 Å². The highest BCUT2D eigenvalue weighted by Crippen LogP contribution is 2.19. The van der Waals surface area contributed by atoms with Gasteiger partial charge in [0.05, 0.1) is 12.7 Å². The number of anilines is 2. The van der Waals surface area contributed by atoms with Gasteiger partial charge in [-0.2, -0.15) is 0 Å². The third kappa shape index (κ3) is 6.00. The molecule has 0 bridgehead atoms. The van der Waals surface area contributed by atoms with E-state index in [1.807, 2.05) is 24.5 Å². The van der Waals surface area contributed by atoms with E-state index in [0.717, 1.165) is 17.0 Å². The van der Waals surface area contributed by atoms with Gasteiger partial charge in [0.15, 0.2) is 30.5 Å². The van der Waals surface area contributed by atoms with Crippen LogP contribution < -0.4 is 15.5 Å². The van der Waals surface area contributed by atoms with E-state index in [4.69, 9.17) is 0 Å². The molecule has 0 fully saturated rings. The van der Waals surface area contributed by atoms with Gasteiger partial charge in [-0.3, -0.25) is 9.59 Å². The lowest BCUT2D eigenvalue weighted by Gasteiger charge is -2.14. The first-order valence-corrected chi connectivity index (χ1v) is 9.21. The lowest BCUT2D eigenvalue weighted by molar-refractivity contribution is -0.862. The zero-order chi connectivity index (χ0) is 20.0. The summed E-state index contributed by atoms with van der Waals surface area (Å²) in [6, 6.07) is 8.98. The number of hydrogen-bond donors (Lipinski definition) is 3. The summed E-state index contributed by atoms with van der Waals surface area (Å²) in [5.41, 5.74) is 0.193. The predicted octanol–water partition coefficient (Wildman–Crippen LogP) is 1.92. The molecule has 1 unspecified atom stereocenters. The van der Waals surface area contributed by atoms with Gasteiger partial charge in [-0.25, -0.2) is 13.2 Å². The highest BCUT2D eigenvalue weighted by molar-refractivity contribution is 7.98. The Kier molecular flexibility index (Phi) is 7.26. The molecule has 1 atom stereocenters. The van der Waals surface area contributed by atoms with Crippen molar-refractivity contribution in [1.82, 2.24) is 0 Å². The first-order chi connectivity index (χ1) is 12.8. The van der Waals surface area contributed by atoms with E-state index in [1.165, 1.54) is 0 Å². The predicted molar refractivity (Wildman–Crippen MR) is 98.4 cm³/mol. The summed E-state index contributed by atoms with van der Waals surface area (Å²) in [6.07, 6.45) is 1.92. The van der Waals surface area contributed by atoms with Crippen molar-refractivity contribution in [3.05, 3.63) is 53.8 Å². The smallest absolute Gasteiger partial charge is 0.279 e. The molecule has 27 heavy (non-hydrogen) atoms. The zero-order valence-corrected chi connectivity index (χ0v) is 15.6. The number of benzene rings is 2. The summed E-state index contributed by atoms with van der Waals surface area (Å²) in [6.45, 7) is -0.159. The fourth-order valence-corrected chi connectivity index (χ4v) is 2.79. The minimum absolute atomic E-state index is 0.00280. The Balaban J connectivity index is 1.87. The SMILES string of the molecule is CSc1cccc(NC(=O)C[NH+](C)CC(=O)Nc2ccc(F)c(F)c2F)c1. The van der Waals surface area contributed by atoms with Crippen LogP contribution in [0.3, 0.4) is 0 Å². The molecule has 0 radical (unpaired) electrons. The molecule has 2 aromatic carbocycles. The number of thioether (sulfide) groups is 1. The van der Waals surface area contributed by atoms with Gasteiger partial charge in [-0.15, -0.1) is 11.8 Å². The number of quaternary nitrogens is 1. The van der Waals surface area contributed by atoms with Gasteiger partial charge in [0.25, 0.3) is 11.8 Å². The van der Waals surface area contributed by atoms with Gasteiger partial charge in [0, 0.05) is 10.6 Å². The summed E-state index contributed by atoms with van der Waals surface area (Å²) >= 11 is 1.55. The first kappa shape index (κ1) is 20.8. The van der Waals surface area contributed by atoms with Crippen molar-refractivity contribution in [2.45, 2.75) is 4.90 Å². The highest BCUT2D eigenvalue weighted by Gasteiger charge is 2.18. The molecule has 0 aromatic heterocycles. The van der Waals surface area contributed by atoms with Gasteiger partial charge in [-0.05, 0) is 36.6 Å². The number of amides is 2. The summed E-state index contributed by atoms with van der Waals surface area (Å²) in [7, 11) is 1.61. The van der Waals surface area contributed by atoms with Gasteiger partial charge in [0.2, 0.25) is 0 Å². The molecular weight excluding hydrogens is 379 g/mol. The molecule has 0 saturated carbocycles. The molecule has 0 aliphatic heterocycles. The lowest BCUT2D eigenvalue weighted by Crippen LogP contribution is -3.11. The second-order valence-corrected chi connectivity index (χ2v) is 6.74. The number of halogens is 3. The molecule has 5 nitrogen and oxygen atoms in total. The van der Waals surface area contributed by atoms with Gasteiger partial charge < -0.3 is 15.5 Å². The normalized spacial score (nSPS) is 11.7. The molecular formula is C18H19F3N3O2S+. The first-order valence-electron chi connectivity index (χ1n) is 7.98. The van der Waals surface area contributed by atoms with Gasteiger partial charge >= 0.3 is 0 Å². The molecule has 144 valence electrons. The topological polar surface area (TPSA) is 62.6 Å². The van der Waals surface area contributed by atoms with E-state index in [0.29, 0.717) is 10.6 Å². The Morgan fingerprint density at radius 3 is 2.33 bits per heavy atom. The van der Waals surface area contributed by atoms with E-state index in [-0.39, 0.29) is 19.0 Å². The maximum atomic E-state index is 13.6. The monoisotopic (exact) mass is 398 g/mol. The Morgan fingerprint density at radius 2 is 1.67 bits per heavy atom. The fourth-order valence-electron chi connectivity index (χ4n) is 2.33. The van der Waals surface area contributed by atoms with E-state index in [9.17, 15) is 22.8 Å². The Labute approximate surface area is 158 Å². The largest absolute Gasteiger partial charge is 0.322 e. The van der Waals surface area contributed by atoms with E-state index >= 15 is 0 Å². The van der Waals surface area contributed by atoms with Crippen molar-refractivity contribution < 1.29 is 27.7 Å². The van der Waals surface area contributed by atoms with Crippen LogP contribution in [0.2, 0.25) is 0 Å². The second kappa shape index (κ2) is 9.43. The maximum absolute atomic E-state index is 13.6. The second-order valence-electron chi connectivity index (χ2n) is 5.86. The van der Waals surface area contributed by atoms with Crippen LogP contribution in [0.5, 0.6) is 0 Å². The summed E-state index contributed by atoms with van der Waals surface area (Å²) in [4.78, 5) is 25.6. The van der Waals surface area contributed by atoms with E-state index in [2.05, 4.69) is 10.6 Å².